The summed E-state index contributed by atoms with van der Waals surface area (Å²) in [4.78, 5) is 41.4. The van der Waals surface area contributed by atoms with Crippen LogP contribution in [0.3, 0.4) is 0 Å². The molecule has 0 saturated heterocycles. The first-order chi connectivity index (χ1) is 18.7. The van der Waals surface area contributed by atoms with Crippen molar-refractivity contribution in [2.24, 2.45) is 0 Å². The summed E-state index contributed by atoms with van der Waals surface area (Å²) in [7, 11) is -4.06. The molecule has 0 radical (unpaired) electrons. The molecule has 0 aromatic heterocycles. The van der Waals surface area contributed by atoms with Crippen molar-refractivity contribution in [2.75, 3.05) is 13.1 Å². The third kappa shape index (κ3) is 6.49. The van der Waals surface area contributed by atoms with Gasteiger partial charge in [-0.1, -0.05) is 73.1 Å². The predicted octanol–water partition coefficient (Wildman–Crippen LogP) is 4.04. The fourth-order valence-corrected chi connectivity index (χ4v) is 6.33. The van der Waals surface area contributed by atoms with Gasteiger partial charge in [-0.15, -0.1) is 0 Å². The number of nitrogens with one attached hydrogen (secondary N) is 1. The number of carbonyl (C=O) groups excluding carboxylic acids is 3. The summed E-state index contributed by atoms with van der Waals surface area (Å²) in [5.41, 5.74) is 1.67. The smallest absolute Gasteiger partial charge is 0.269 e. The molecule has 39 heavy (non-hydrogen) atoms. The molecule has 0 unspecified atom stereocenters. The van der Waals surface area contributed by atoms with Crippen molar-refractivity contribution in [3.8, 4) is 0 Å². The zero-order valence-corrected chi connectivity index (χ0v) is 23.1. The van der Waals surface area contributed by atoms with Crippen LogP contribution in [0.15, 0.2) is 83.8 Å². The Morgan fingerprint density at radius 1 is 0.974 bits per heavy atom. The molecule has 3 aromatic carbocycles. The summed E-state index contributed by atoms with van der Waals surface area (Å²) in [6, 6.07) is 21.5. The summed E-state index contributed by atoms with van der Waals surface area (Å²) < 4.78 is 26.7. The third-order valence-corrected chi connectivity index (χ3v) is 8.58. The molecular weight excluding hydrogens is 538 g/mol. The zero-order valence-electron chi connectivity index (χ0n) is 21.5. The summed E-state index contributed by atoms with van der Waals surface area (Å²) in [5.74, 6) is -1.43. The Morgan fingerprint density at radius 2 is 1.67 bits per heavy atom. The Balaban J connectivity index is 1.63. The minimum Gasteiger partial charge on any atom is -0.354 e. The number of carbonyl (C=O) groups is 3. The molecule has 1 heterocycles. The van der Waals surface area contributed by atoms with Crippen molar-refractivity contribution in [2.45, 2.75) is 43.7 Å². The van der Waals surface area contributed by atoms with Gasteiger partial charge in [-0.3, -0.25) is 14.4 Å². The minimum absolute atomic E-state index is 0.0702. The van der Waals surface area contributed by atoms with E-state index in [2.05, 4.69) is 5.32 Å². The van der Waals surface area contributed by atoms with Crippen molar-refractivity contribution in [3.05, 3.63) is 101 Å². The molecule has 0 fully saturated rings. The maximum absolute atomic E-state index is 13.8. The molecule has 0 saturated carbocycles. The molecule has 1 aliphatic heterocycles. The van der Waals surface area contributed by atoms with Crippen LogP contribution >= 0.6 is 11.6 Å². The van der Waals surface area contributed by atoms with Crippen LogP contribution < -0.4 is 5.32 Å². The van der Waals surface area contributed by atoms with Gasteiger partial charge in [0, 0.05) is 37.5 Å². The molecular formula is C29H30ClN3O5S. The number of benzene rings is 3. The van der Waals surface area contributed by atoms with Crippen molar-refractivity contribution in [1.82, 2.24) is 14.5 Å². The van der Waals surface area contributed by atoms with E-state index in [1.54, 1.807) is 36.4 Å². The predicted molar refractivity (Wildman–Crippen MR) is 149 cm³/mol. The van der Waals surface area contributed by atoms with Gasteiger partial charge in [-0.2, -0.15) is 0 Å². The van der Waals surface area contributed by atoms with E-state index in [9.17, 15) is 22.8 Å². The zero-order chi connectivity index (χ0) is 28.0. The first-order valence-electron chi connectivity index (χ1n) is 12.7. The lowest BCUT2D eigenvalue weighted by Gasteiger charge is -2.32. The number of fused-ring (bicyclic) bond motifs is 1. The lowest BCUT2D eigenvalue weighted by atomic mass is 10.0. The van der Waals surface area contributed by atoms with Gasteiger partial charge < -0.3 is 10.2 Å². The maximum Gasteiger partial charge on any atom is 0.269 e. The highest BCUT2D eigenvalue weighted by Crippen LogP contribution is 2.30. The number of sulfonamides is 1. The second-order valence-corrected chi connectivity index (χ2v) is 11.5. The van der Waals surface area contributed by atoms with Crippen LogP contribution in [0, 0.1) is 0 Å². The molecule has 8 nitrogen and oxygen atoms in total. The summed E-state index contributed by atoms with van der Waals surface area (Å²) in [6.07, 6.45) is 0.697. The molecule has 10 heteroatoms. The quantitative estimate of drug-likeness (QED) is 0.377. The lowest BCUT2D eigenvalue weighted by Crippen LogP contribution is -2.51. The third-order valence-electron chi connectivity index (χ3n) is 6.50. The van der Waals surface area contributed by atoms with Gasteiger partial charge in [0.25, 0.3) is 15.9 Å². The van der Waals surface area contributed by atoms with Crippen LogP contribution in [-0.4, -0.2) is 54.5 Å². The van der Waals surface area contributed by atoms with Crippen LogP contribution in [0.2, 0.25) is 5.02 Å². The van der Waals surface area contributed by atoms with E-state index in [1.165, 1.54) is 17.0 Å². The van der Waals surface area contributed by atoms with Crippen LogP contribution in [0.4, 0.5) is 0 Å². The van der Waals surface area contributed by atoms with E-state index in [0.29, 0.717) is 11.6 Å². The average molecular weight is 568 g/mol. The number of hydrogen-bond acceptors (Lipinski definition) is 5. The standard InChI is InChI=1S/C29H30ClN3O5S/c1-2-16-31-28(35)25(19-21-9-4-3-5-10-21)32(20-22-11-8-12-23(30)18-22)27(34)15-17-33-29(36)24-13-6-7-14-26(24)39(33,37)38/h3-14,18,25H,2,15-17,19-20H2,1H3,(H,31,35)/t25-/m0/s1. The van der Waals surface area contributed by atoms with E-state index in [4.69, 9.17) is 11.6 Å². The molecule has 204 valence electrons. The molecule has 4 rings (SSSR count). The summed E-state index contributed by atoms with van der Waals surface area (Å²) in [6.45, 7) is 2.13. The van der Waals surface area contributed by atoms with Crippen LogP contribution in [-0.2, 0) is 32.6 Å². The maximum atomic E-state index is 13.8. The van der Waals surface area contributed by atoms with E-state index in [-0.39, 0.29) is 42.3 Å². The molecule has 3 amide bonds. The van der Waals surface area contributed by atoms with Crippen molar-refractivity contribution in [1.29, 1.82) is 0 Å². The normalized spacial score (nSPS) is 14.5. The first-order valence-corrected chi connectivity index (χ1v) is 14.6. The highest BCUT2D eigenvalue weighted by Gasteiger charge is 2.41. The summed E-state index contributed by atoms with van der Waals surface area (Å²) in [5, 5.41) is 3.38. The van der Waals surface area contributed by atoms with Crippen LogP contribution in [0.1, 0.15) is 41.3 Å². The van der Waals surface area contributed by atoms with Gasteiger partial charge in [0.05, 0.1) is 5.56 Å². The van der Waals surface area contributed by atoms with Gasteiger partial charge in [0.15, 0.2) is 0 Å². The number of hydrogen-bond donors (Lipinski definition) is 1. The molecule has 1 atom stereocenters. The van der Waals surface area contributed by atoms with Crippen molar-refractivity contribution < 1.29 is 22.8 Å². The topological polar surface area (TPSA) is 104 Å². The molecule has 0 aliphatic carbocycles. The van der Waals surface area contributed by atoms with Crippen molar-refractivity contribution >= 4 is 39.3 Å². The SMILES string of the molecule is CCCNC(=O)[C@H](Cc1ccccc1)N(Cc1cccc(Cl)c1)C(=O)CCN1C(=O)c2ccccc2S1(=O)=O. The minimum atomic E-state index is -4.06. The van der Waals surface area contributed by atoms with E-state index >= 15 is 0 Å². The van der Waals surface area contributed by atoms with Gasteiger partial charge in [0.1, 0.15) is 10.9 Å². The van der Waals surface area contributed by atoms with Gasteiger partial charge in [0.2, 0.25) is 11.8 Å². The Kier molecular flexibility index (Phi) is 9.04. The lowest BCUT2D eigenvalue weighted by molar-refractivity contribution is -0.141. The first kappa shape index (κ1) is 28.3. The Bertz CT molecular complexity index is 1460. The number of rotatable bonds is 11. The average Bonchev–Trinajstić information content (AvgIpc) is 3.13. The second-order valence-electron chi connectivity index (χ2n) is 9.28. The van der Waals surface area contributed by atoms with E-state index in [0.717, 1.165) is 21.9 Å². The van der Waals surface area contributed by atoms with Crippen LogP contribution in [0.5, 0.6) is 0 Å². The van der Waals surface area contributed by atoms with Gasteiger partial charge >= 0.3 is 0 Å². The molecule has 1 aliphatic rings. The van der Waals surface area contributed by atoms with E-state index < -0.39 is 27.9 Å². The highest BCUT2D eigenvalue weighted by atomic mass is 35.5. The van der Waals surface area contributed by atoms with Crippen LogP contribution in [0.25, 0.3) is 0 Å². The highest BCUT2D eigenvalue weighted by molar-refractivity contribution is 7.90. The molecule has 1 N–H and O–H groups in total. The number of halogens is 1. The fraction of sp³-hybridized carbons (Fsp3) is 0.276. The van der Waals surface area contributed by atoms with Gasteiger partial charge in [-0.25, -0.2) is 12.7 Å². The number of amides is 3. The largest absolute Gasteiger partial charge is 0.354 e. The Morgan fingerprint density at radius 3 is 2.36 bits per heavy atom. The Labute approximate surface area is 233 Å². The van der Waals surface area contributed by atoms with Crippen molar-refractivity contribution in [3.63, 3.8) is 0 Å². The fourth-order valence-electron chi connectivity index (χ4n) is 4.54. The monoisotopic (exact) mass is 567 g/mol. The second kappa shape index (κ2) is 12.4. The summed E-state index contributed by atoms with van der Waals surface area (Å²) >= 11 is 6.19. The molecule has 0 spiro atoms. The number of nitrogens with zero attached hydrogens (tertiary/aromatic N) is 2. The van der Waals surface area contributed by atoms with Gasteiger partial charge in [-0.05, 0) is 41.8 Å². The molecule has 0 bridgehead atoms. The molecule has 3 aromatic rings. The van der Waals surface area contributed by atoms with E-state index in [1.807, 2.05) is 37.3 Å². The Hall–Kier alpha value is -3.69.